The van der Waals surface area contributed by atoms with Crippen molar-refractivity contribution in [2.24, 2.45) is 5.73 Å². The van der Waals surface area contributed by atoms with E-state index in [-0.39, 0.29) is 17.2 Å². The summed E-state index contributed by atoms with van der Waals surface area (Å²) in [7, 11) is 3.09. The van der Waals surface area contributed by atoms with E-state index in [1.54, 1.807) is 61.7 Å². The zero-order valence-corrected chi connectivity index (χ0v) is 18.6. The number of esters is 1. The first-order valence-electron chi connectivity index (χ1n) is 9.86. The van der Waals surface area contributed by atoms with E-state index in [1.807, 2.05) is 6.07 Å². The summed E-state index contributed by atoms with van der Waals surface area (Å²) in [6.45, 7) is 0. The molecule has 7 nitrogen and oxygen atoms in total. The molecule has 33 heavy (non-hydrogen) atoms. The number of benzene rings is 3. The van der Waals surface area contributed by atoms with Gasteiger partial charge in [0.2, 0.25) is 5.88 Å². The number of nitrogens with zero attached hydrogens (tertiary/aromatic N) is 1. The summed E-state index contributed by atoms with van der Waals surface area (Å²) in [5.41, 5.74) is 8.15. The van der Waals surface area contributed by atoms with Crippen molar-refractivity contribution in [1.29, 1.82) is 5.26 Å². The Hall–Kier alpha value is -4.15. The van der Waals surface area contributed by atoms with Gasteiger partial charge in [0.05, 0.1) is 25.7 Å². The highest BCUT2D eigenvalue weighted by atomic mass is 35.5. The first-order valence-corrected chi connectivity index (χ1v) is 10.2. The van der Waals surface area contributed by atoms with Crippen molar-refractivity contribution in [2.45, 2.75) is 5.92 Å². The standard InChI is InChI=1S/C25H19ClN2O5/c1-30-20-10-5-15(11-22(20)31-2)23-18-9-8-17(12-21(18)33-24(28)19(23)13-27)32-25(29)14-3-6-16(26)7-4-14/h3-12,23H,28H2,1-2H3. The van der Waals surface area contributed by atoms with Gasteiger partial charge in [-0.1, -0.05) is 23.7 Å². The molecular formula is C25H19ClN2O5. The second kappa shape index (κ2) is 9.15. The smallest absolute Gasteiger partial charge is 0.343 e. The molecule has 0 radical (unpaired) electrons. The Morgan fingerprint density at radius 1 is 1.03 bits per heavy atom. The van der Waals surface area contributed by atoms with Gasteiger partial charge in [-0.05, 0) is 48.0 Å². The van der Waals surface area contributed by atoms with Crippen LogP contribution in [0.5, 0.6) is 23.0 Å². The zero-order chi connectivity index (χ0) is 23.5. The minimum absolute atomic E-state index is 0.0223. The predicted molar refractivity (Wildman–Crippen MR) is 122 cm³/mol. The molecule has 1 atom stereocenters. The monoisotopic (exact) mass is 462 g/mol. The Kier molecular flexibility index (Phi) is 6.11. The molecular weight excluding hydrogens is 444 g/mol. The van der Waals surface area contributed by atoms with Gasteiger partial charge in [-0.3, -0.25) is 0 Å². The van der Waals surface area contributed by atoms with Crippen molar-refractivity contribution in [1.82, 2.24) is 0 Å². The molecule has 1 unspecified atom stereocenters. The maximum atomic E-state index is 12.5. The van der Waals surface area contributed by atoms with Crippen LogP contribution in [0.1, 0.15) is 27.4 Å². The second-order valence-corrected chi connectivity index (χ2v) is 7.57. The summed E-state index contributed by atoms with van der Waals surface area (Å²) in [5.74, 6) is 0.673. The van der Waals surface area contributed by atoms with Crippen molar-refractivity contribution in [3.63, 3.8) is 0 Å². The first kappa shape index (κ1) is 22.1. The third-order valence-corrected chi connectivity index (χ3v) is 5.47. The topological polar surface area (TPSA) is 104 Å². The number of fused-ring (bicyclic) bond motifs is 1. The van der Waals surface area contributed by atoms with Crippen molar-refractivity contribution in [3.8, 4) is 29.1 Å². The highest BCUT2D eigenvalue weighted by Crippen LogP contribution is 2.45. The predicted octanol–water partition coefficient (Wildman–Crippen LogP) is 4.79. The van der Waals surface area contributed by atoms with Crippen LogP contribution in [0.2, 0.25) is 5.02 Å². The van der Waals surface area contributed by atoms with Gasteiger partial charge in [0.25, 0.3) is 0 Å². The van der Waals surface area contributed by atoms with E-state index in [2.05, 4.69) is 6.07 Å². The van der Waals surface area contributed by atoms with E-state index in [1.165, 1.54) is 7.11 Å². The normalized spacial score (nSPS) is 14.5. The molecule has 0 saturated carbocycles. The number of hydrogen-bond acceptors (Lipinski definition) is 7. The maximum Gasteiger partial charge on any atom is 0.343 e. The number of nitriles is 1. The molecule has 0 amide bonds. The number of rotatable bonds is 5. The van der Waals surface area contributed by atoms with Crippen LogP contribution < -0.4 is 24.7 Å². The maximum absolute atomic E-state index is 12.5. The van der Waals surface area contributed by atoms with Crippen LogP contribution in [0.25, 0.3) is 0 Å². The Morgan fingerprint density at radius 2 is 1.76 bits per heavy atom. The van der Waals surface area contributed by atoms with Crippen LogP contribution >= 0.6 is 11.6 Å². The lowest BCUT2D eigenvalue weighted by Crippen LogP contribution is -2.21. The molecule has 4 rings (SSSR count). The Labute approximate surface area is 195 Å². The Morgan fingerprint density at radius 3 is 2.42 bits per heavy atom. The number of ether oxygens (including phenoxy) is 4. The number of halogens is 1. The van der Waals surface area contributed by atoms with E-state index in [0.29, 0.717) is 33.4 Å². The molecule has 1 aliphatic heterocycles. The summed E-state index contributed by atoms with van der Waals surface area (Å²) in [6, 6.07) is 18.8. The number of nitrogens with two attached hydrogens (primary N) is 1. The van der Waals surface area contributed by atoms with Crippen molar-refractivity contribution in [3.05, 3.63) is 93.8 Å². The van der Waals surface area contributed by atoms with Crippen molar-refractivity contribution in [2.75, 3.05) is 14.2 Å². The molecule has 1 heterocycles. The minimum Gasteiger partial charge on any atom is -0.493 e. The lowest BCUT2D eigenvalue weighted by molar-refractivity contribution is 0.0734. The van der Waals surface area contributed by atoms with Crippen LogP contribution in [0.3, 0.4) is 0 Å². The molecule has 0 bridgehead atoms. The molecule has 166 valence electrons. The van der Waals surface area contributed by atoms with Gasteiger partial charge < -0.3 is 24.7 Å². The van der Waals surface area contributed by atoms with Gasteiger partial charge in [-0.25, -0.2) is 4.79 Å². The summed E-state index contributed by atoms with van der Waals surface area (Å²) in [4.78, 5) is 12.5. The summed E-state index contributed by atoms with van der Waals surface area (Å²) in [6.07, 6.45) is 0. The van der Waals surface area contributed by atoms with Gasteiger partial charge >= 0.3 is 5.97 Å². The number of allylic oxidation sites excluding steroid dienone is 1. The number of carbonyl (C=O) groups is 1. The summed E-state index contributed by atoms with van der Waals surface area (Å²) < 4.78 is 21.9. The Bertz CT molecular complexity index is 1300. The minimum atomic E-state index is -0.542. The molecule has 0 saturated heterocycles. The zero-order valence-electron chi connectivity index (χ0n) is 17.8. The average Bonchev–Trinajstić information content (AvgIpc) is 2.83. The highest BCUT2D eigenvalue weighted by molar-refractivity contribution is 6.30. The summed E-state index contributed by atoms with van der Waals surface area (Å²) >= 11 is 5.87. The van der Waals surface area contributed by atoms with Crippen LogP contribution in [0.4, 0.5) is 0 Å². The van der Waals surface area contributed by atoms with E-state index in [4.69, 9.17) is 36.3 Å². The molecule has 1 aliphatic rings. The molecule has 0 aromatic heterocycles. The SMILES string of the molecule is COc1ccc(C2C(C#N)=C(N)Oc3cc(OC(=O)c4ccc(Cl)cc4)ccc32)cc1OC. The molecule has 0 spiro atoms. The van der Waals surface area contributed by atoms with E-state index in [0.717, 1.165) is 5.56 Å². The van der Waals surface area contributed by atoms with Crippen LogP contribution in [-0.4, -0.2) is 20.2 Å². The molecule has 0 fully saturated rings. The fourth-order valence-electron chi connectivity index (χ4n) is 3.63. The van der Waals surface area contributed by atoms with Gasteiger partial charge in [0.1, 0.15) is 23.1 Å². The molecule has 2 N–H and O–H groups in total. The van der Waals surface area contributed by atoms with Crippen LogP contribution in [-0.2, 0) is 0 Å². The van der Waals surface area contributed by atoms with Crippen LogP contribution in [0, 0.1) is 11.3 Å². The van der Waals surface area contributed by atoms with Crippen molar-refractivity contribution >= 4 is 17.6 Å². The van der Waals surface area contributed by atoms with Gasteiger partial charge in [0, 0.05) is 16.7 Å². The number of hydrogen-bond donors (Lipinski definition) is 1. The average molecular weight is 463 g/mol. The number of carbonyl (C=O) groups excluding carboxylic acids is 1. The van der Waals surface area contributed by atoms with E-state index >= 15 is 0 Å². The molecule has 8 heteroatoms. The van der Waals surface area contributed by atoms with E-state index < -0.39 is 11.9 Å². The van der Waals surface area contributed by atoms with Crippen LogP contribution in [0.15, 0.2) is 72.1 Å². The highest BCUT2D eigenvalue weighted by Gasteiger charge is 2.31. The lowest BCUT2D eigenvalue weighted by atomic mass is 9.83. The Balaban J connectivity index is 1.71. The largest absolute Gasteiger partial charge is 0.493 e. The number of methoxy groups -OCH3 is 2. The fourth-order valence-corrected chi connectivity index (χ4v) is 3.75. The van der Waals surface area contributed by atoms with Gasteiger partial charge in [-0.15, -0.1) is 0 Å². The third kappa shape index (κ3) is 4.29. The molecule has 3 aromatic carbocycles. The quantitative estimate of drug-likeness (QED) is 0.429. The van der Waals surface area contributed by atoms with E-state index in [9.17, 15) is 10.1 Å². The van der Waals surface area contributed by atoms with Gasteiger partial charge in [0.15, 0.2) is 11.5 Å². The van der Waals surface area contributed by atoms with Crippen molar-refractivity contribution < 1.29 is 23.7 Å². The third-order valence-electron chi connectivity index (χ3n) is 5.22. The molecule has 3 aromatic rings. The molecule has 0 aliphatic carbocycles. The first-order chi connectivity index (χ1) is 15.9. The second-order valence-electron chi connectivity index (χ2n) is 7.14. The lowest BCUT2D eigenvalue weighted by Gasteiger charge is -2.27. The fraction of sp³-hybridized carbons (Fsp3) is 0.120. The van der Waals surface area contributed by atoms with Gasteiger partial charge in [-0.2, -0.15) is 5.26 Å². The summed E-state index contributed by atoms with van der Waals surface area (Å²) in [5, 5.41) is 10.3.